The Labute approximate surface area is 541 Å². The van der Waals surface area contributed by atoms with Gasteiger partial charge in [-0.1, -0.05) is 62.3 Å². The summed E-state index contributed by atoms with van der Waals surface area (Å²) in [6, 6.07) is 0. The highest BCUT2D eigenvalue weighted by atomic mass is 16.8. The number of ether oxygens (including phenoxy) is 21. The zero-order chi connectivity index (χ0) is 68.6. The third-order valence-corrected chi connectivity index (χ3v) is 18.2. The van der Waals surface area contributed by atoms with E-state index in [-0.39, 0.29) is 26.1 Å². The molecular weight excluding hydrogens is 1240 g/mol. The molecule has 22 saturated heterocycles. The van der Waals surface area contributed by atoms with Crippen molar-refractivity contribution >= 4 is 53.7 Å². The van der Waals surface area contributed by atoms with Crippen molar-refractivity contribution < 1.29 is 143 Å². The molecule has 30 nitrogen and oxygen atoms in total. The zero-order valence-corrected chi connectivity index (χ0v) is 56.3. The van der Waals surface area contributed by atoms with Crippen LogP contribution in [0.1, 0.15) is 144 Å². The fourth-order valence-electron chi connectivity index (χ4n) is 13.2. The molecule has 30 atom stereocenters. The summed E-state index contributed by atoms with van der Waals surface area (Å²) in [5.41, 5.74) is 0. The van der Waals surface area contributed by atoms with Crippen LogP contribution in [-0.2, 0) is 143 Å². The molecule has 0 amide bonds. The molecule has 12 bridgehead atoms. The first kappa shape index (κ1) is 75.1. The molecule has 22 aliphatic rings. The van der Waals surface area contributed by atoms with Crippen molar-refractivity contribution in [2.24, 2.45) is 35.5 Å². The molecule has 22 rings (SSSR count). The standard InChI is InChI=1S/C63H96O30/c1-19-40-46-25(4)28(7)58(82-40)88-47-26(5)29(8)59(85-43(47)22-73-31(10)64)89-48-27(6)30(9)60(86-44(48)23-74-32(11)65)91-51-45(24-75-33(12)66)87-63(57(81-39(18)72)54(51)78-36(15)69)93-50-42(21-3)84-62(56(80-38(17)71)53(50)77-35(14)68)92-49-41(20-2)83-61(90-46)55(79-37(16)70)52(49)76-34(13)67/h25-30,40-63H,19-24H2,1-18H3/t25-,26-,27-,28?,29?,30?,40?,41?,42?,43?,44?,45?,46+,47+,48+,49-,50-,51-,52+,53+,54+,55?,56?,57?,58+,59+,60+,61+,62+,63+/m1/s1. The highest BCUT2D eigenvalue weighted by Gasteiger charge is 2.61. The van der Waals surface area contributed by atoms with Crippen LogP contribution in [0.2, 0.25) is 0 Å². The monoisotopic (exact) mass is 1330 g/mol. The first-order valence-electron chi connectivity index (χ1n) is 32.1. The molecule has 528 valence electrons. The average molecular weight is 1330 g/mol. The van der Waals surface area contributed by atoms with Gasteiger partial charge in [0.05, 0.1) is 36.6 Å². The summed E-state index contributed by atoms with van der Waals surface area (Å²) < 4.78 is 135. The maximum Gasteiger partial charge on any atom is 0.303 e. The lowest BCUT2D eigenvalue weighted by molar-refractivity contribution is -0.393. The molecule has 0 aromatic carbocycles. The molecule has 22 fully saturated rings. The highest BCUT2D eigenvalue weighted by Crippen LogP contribution is 2.46. The number of hydrogen-bond donors (Lipinski definition) is 0. The van der Waals surface area contributed by atoms with Crippen LogP contribution in [0.4, 0.5) is 0 Å². The minimum absolute atomic E-state index is 0.00690. The summed E-state index contributed by atoms with van der Waals surface area (Å²) in [5, 5.41) is 0. The molecule has 30 heteroatoms. The van der Waals surface area contributed by atoms with Crippen LogP contribution in [0.15, 0.2) is 0 Å². The lowest BCUT2D eigenvalue weighted by Gasteiger charge is -2.53. The quantitative estimate of drug-likeness (QED) is 0.165. The molecule has 0 radical (unpaired) electrons. The Balaban J connectivity index is 1.41. The summed E-state index contributed by atoms with van der Waals surface area (Å²) in [6.07, 6.45) is -31.6. The average Bonchev–Trinajstić information content (AvgIpc) is 0.809. The Kier molecular flexibility index (Phi) is 26.8. The van der Waals surface area contributed by atoms with Crippen LogP contribution in [0.5, 0.6) is 0 Å². The van der Waals surface area contributed by atoms with Gasteiger partial charge in [-0.15, -0.1) is 0 Å². The van der Waals surface area contributed by atoms with E-state index in [1.807, 2.05) is 41.5 Å². The first-order chi connectivity index (χ1) is 43.8. The van der Waals surface area contributed by atoms with E-state index >= 15 is 0 Å². The van der Waals surface area contributed by atoms with Crippen molar-refractivity contribution in [3.63, 3.8) is 0 Å². The summed E-state index contributed by atoms with van der Waals surface area (Å²) in [7, 11) is 0. The van der Waals surface area contributed by atoms with E-state index in [1.165, 1.54) is 13.8 Å². The molecule has 12 unspecified atom stereocenters. The number of esters is 9. The lowest BCUT2D eigenvalue weighted by atomic mass is 9.81. The van der Waals surface area contributed by atoms with Gasteiger partial charge in [0.1, 0.15) is 56.4 Å². The number of carbonyl (C=O) groups is 9. The van der Waals surface area contributed by atoms with Gasteiger partial charge in [0.25, 0.3) is 0 Å². The van der Waals surface area contributed by atoms with Crippen molar-refractivity contribution in [3.05, 3.63) is 0 Å². The first-order valence-corrected chi connectivity index (χ1v) is 32.1. The van der Waals surface area contributed by atoms with Crippen LogP contribution in [0, 0.1) is 35.5 Å². The van der Waals surface area contributed by atoms with Crippen LogP contribution >= 0.6 is 0 Å². The van der Waals surface area contributed by atoms with Gasteiger partial charge in [0.2, 0.25) is 0 Å². The van der Waals surface area contributed by atoms with E-state index in [2.05, 4.69) is 0 Å². The Morgan fingerprint density at radius 2 is 0.430 bits per heavy atom. The maximum atomic E-state index is 13.4. The third-order valence-electron chi connectivity index (χ3n) is 18.2. The van der Waals surface area contributed by atoms with E-state index < -0.39 is 243 Å². The van der Waals surface area contributed by atoms with Gasteiger partial charge in [-0.2, -0.15) is 0 Å². The maximum absolute atomic E-state index is 13.4. The molecule has 0 N–H and O–H groups in total. The summed E-state index contributed by atoms with van der Waals surface area (Å²) in [4.78, 5) is 118. The molecule has 22 heterocycles. The number of carbonyl (C=O) groups excluding carboxylic acids is 9. The molecular formula is C63H96O30. The SMILES string of the molecule is CCC1O[C@H]2O[C@@H]3C(COC(C)=O)O[C@@H](O[C@@H]4C(COC(C)=O)O[C@@H](O[C@@H]5C(COC(C)=O)O[C@@H](O[C@@H]6C(CC)O[C@@H](O[C@@H]7C(CC)O[C@@H](O[C@H]1[C@H](C)C2C)C(OC(C)=O)[C@H]7OC(C)=O)C(OC(C)=O)[C@H]6OC(C)=O)C(OC(C)=O)[C@H]5OC(C)=O)C(C)[C@H]4C)C(C)[C@H]3C. The van der Waals surface area contributed by atoms with Crippen LogP contribution in [0.3, 0.4) is 0 Å². The number of rotatable bonds is 15. The van der Waals surface area contributed by atoms with Crippen molar-refractivity contribution in [1.29, 1.82) is 0 Å². The Bertz CT molecular complexity index is 2580. The molecule has 0 saturated carbocycles. The molecule has 22 aliphatic heterocycles. The summed E-state index contributed by atoms with van der Waals surface area (Å²) in [6.45, 7) is 25.6. The fraction of sp³-hybridized carbons (Fsp3) is 0.857. The van der Waals surface area contributed by atoms with Gasteiger partial charge in [0, 0.05) is 80.1 Å². The second kappa shape index (κ2) is 33.1. The second-order valence-electron chi connectivity index (χ2n) is 25.1. The topological polar surface area (TPSA) is 347 Å². The van der Waals surface area contributed by atoms with Gasteiger partial charge in [-0.05, 0) is 37.0 Å². The van der Waals surface area contributed by atoms with E-state index in [0.29, 0.717) is 6.42 Å². The summed E-state index contributed by atoms with van der Waals surface area (Å²) in [5.74, 6) is -10.3. The molecule has 0 aliphatic carbocycles. The minimum Gasteiger partial charge on any atom is -0.463 e. The predicted molar refractivity (Wildman–Crippen MR) is 310 cm³/mol. The number of hydrogen-bond acceptors (Lipinski definition) is 30. The van der Waals surface area contributed by atoms with E-state index in [4.69, 9.17) is 99.5 Å². The van der Waals surface area contributed by atoms with E-state index in [9.17, 15) is 43.2 Å². The Morgan fingerprint density at radius 3 is 0.710 bits per heavy atom. The Morgan fingerprint density at radius 1 is 0.237 bits per heavy atom. The van der Waals surface area contributed by atoms with Crippen molar-refractivity contribution in [3.8, 4) is 0 Å². The predicted octanol–water partition coefficient (Wildman–Crippen LogP) is 3.99. The van der Waals surface area contributed by atoms with E-state index in [1.54, 1.807) is 20.8 Å². The highest BCUT2D eigenvalue weighted by molar-refractivity contribution is 5.69. The van der Waals surface area contributed by atoms with Crippen LogP contribution in [0.25, 0.3) is 0 Å². The summed E-state index contributed by atoms with van der Waals surface area (Å²) >= 11 is 0. The smallest absolute Gasteiger partial charge is 0.303 e. The van der Waals surface area contributed by atoms with Gasteiger partial charge in [-0.25, -0.2) is 0 Å². The van der Waals surface area contributed by atoms with Crippen molar-refractivity contribution in [2.45, 2.75) is 292 Å². The fourth-order valence-corrected chi connectivity index (χ4v) is 13.2. The minimum atomic E-state index is -1.87. The largest absolute Gasteiger partial charge is 0.463 e. The van der Waals surface area contributed by atoms with Gasteiger partial charge in [0.15, 0.2) is 74.4 Å². The van der Waals surface area contributed by atoms with Crippen LogP contribution in [-0.4, -0.2) is 221 Å². The van der Waals surface area contributed by atoms with Crippen LogP contribution < -0.4 is 0 Å². The van der Waals surface area contributed by atoms with Gasteiger partial charge >= 0.3 is 53.7 Å². The van der Waals surface area contributed by atoms with Gasteiger partial charge in [-0.3, -0.25) is 43.2 Å². The molecule has 0 spiro atoms. The lowest BCUT2D eigenvalue weighted by Crippen LogP contribution is -2.68. The van der Waals surface area contributed by atoms with Crippen molar-refractivity contribution in [1.82, 2.24) is 0 Å². The second-order valence-corrected chi connectivity index (χ2v) is 25.1. The van der Waals surface area contributed by atoms with Gasteiger partial charge < -0.3 is 99.5 Å². The molecule has 0 aromatic heterocycles. The van der Waals surface area contributed by atoms with E-state index in [0.717, 1.165) is 48.5 Å². The van der Waals surface area contributed by atoms with Crippen molar-refractivity contribution in [2.75, 3.05) is 19.8 Å². The normalized spacial score (nSPS) is 42.0. The Hall–Kier alpha value is -5.25. The third kappa shape index (κ3) is 18.5. The zero-order valence-electron chi connectivity index (χ0n) is 56.3. The molecule has 93 heavy (non-hydrogen) atoms. The molecule has 0 aromatic rings.